The van der Waals surface area contributed by atoms with Gasteiger partial charge in [0, 0.05) is 18.2 Å². The molecule has 0 amide bonds. The summed E-state index contributed by atoms with van der Waals surface area (Å²) in [7, 11) is 3.30. The third-order valence-electron chi connectivity index (χ3n) is 3.08. The Morgan fingerprint density at radius 1 is 1.21 bits per heavy atom. The van der Waals surface area contributed by atoms with Gasteiger partial charge < -0.3 is 14.8 Å². The maximum absolute atomic E-state index is 5.37. The second kappa shape index (κ2) is 5.65. The second-order valence-electron chi connectivity index (χ2n) is 4.34. The SMILES string of the molecule is COc1ccc(CNc2c(C)n[nH]c2C)c(OC)c1. The molecule has 0 saturated carbocycles. The van der Waals surface area contributed by atoms with E-state index in [9.17, 15) is 0 Å². The van der Waals surface area contributed by atoms with Crippen molar-refractivity contribution in [2.45, 2.75) is 20.4 Å². The molecule has 0 aliphatic carbocycles. The van der Waals surface area contributed by atoms with E-state index in [-0.39, 0.29) is 0 Å². The molecule has 0 aliphatic heterocycles. The molecule has 2 aromatic rings. The van der Waals surface area contributed by atoms with Gasteiger partial charge in [-0.15, -0.1) is 0 Å². The maximum Gasteiger partial charge on any atom is 0.127 e. The van der Waals surface area contributed by atoms with Crippen LogP contribution in [0.4, 0.5) is 5.69 Å². The number of benzene rings is 1. The molecule has 1 aromatic heterocycles. The van der Waals surface area contributed by atoms with Gasteiger partial charge in [0.25, 0.3) is 0 Å². The van der Waals surface area contributed by atoms with Crippen molar-refractivity contribution in [3.8, 4) is 11.5 Å². The molecule has 0 fully saturated rings. The van der Waals surface area contributed by atoms with Crippen LogP contribution in [0, 0.1) is 13.8 Å². The summed E-state index contributed by atoms with van der Waals surface area (Å²) in [6.07, 6.45) is 0. The average molecular weight is 261 g/mol. The first kappa shape index (κ1) is 13.3. The molecule has 1 aromatic carbocycles. The Kier molecular flexibility index (Phi) is 3.94. The minimum absolute atomic E-state index is 0.675. The number of hydrogen-bond donors (Lipinski definition) is 2. The lowest BCUT2D eigenvalue weighted by molar-refractivity contribution is 0.391. The van der Waals surface area contributed by atoms with E-state index >= 15 is 0 Å². The van der Waals surface area contributed by atoms with Crippen LogP contribution in [0.15, 0.2) is 18.2 Å². The molecule has 0 radical (unpaired) electrons. The van der Waals surface area contributed by atoms with E-state index in [0.29, 0.717) is 6.54 Å². The standard InChI is InChI=1S/C14H19N3O2/c1-9-14(10(2)17-16-9)15-8-11-5-6-12(18-3)7-13(11)19-4/h5-7,15H,8H2,1-4H3,(H,16,17). The molecular weight excluding hydrogens is 242 g/mol. The zero-order valence-corrected chi connectivity index (χ0v) is 11.7. The number of aromatic amines is 1. The summed E-state index contributed by atoms with van der Waals surface area (Å²) >= 11 is 0. The van der Waals surface area contributed by atoms with E-state index in [0.717, 1.165) is 34.1 Å². The summed E-state index contributed by atoms with van der Waals surface area (Å²) in [6, 6.07) is 5.80. The number of nitrogens with one attached hydrogen (secondary N) is 2. The van der Waals surface area contributed by atoms with Crippen LogP contribution in [0.2, 0.25) is 0 Å². The number of methoxy groups -OCH3 is 2. The highest BCUT2D eigenvalue weighted by Gasteiger charge is 2.08. The second-order valence-corrected chi connectivity index (χ2v) is 4.34. The van der Waals surface area contributed by atoms with Crippen molar-refractivity contribution < 1.29 is 9.47 Å². The highest BCUT2D eigenvalue weighted by Crippen LogP contribution is 2.26. The molecule has 102 valence electrons. The minimum Gasteiger partial charge on any atom is -0.497 e. The summed E-state index contributed by atoms with van der Waals surface area (Å²) in [4.78, 5) is 0. The van der Waals surface area contributed by atoms with Gasteiger partial charge in [-0.05, 0) is 26.0 Å². The zero-order valence-electron chi connectivity index (χ0n) is 11.7. The normalized spacial score (nSPS) is 10.3. The van der Waals surface area contributed by atoms with E-state index in [4.69, 9.17) is 9.47 Å². The van der Waals surface area contributed by atoms with Crippen molar-refractivity contribution in [2.24, 2.45) is 0 Å². The number of rotatable bonds is 5. The smallest absolute Gasteiger partial charge is 0.127 e. The van der Waals surface area contributed by atoms with Crippen molar-refractivity contribution in [2.75, 3.05) is 19.5 Å². The lowest BCUT2D eigenvalue weighted by Gasteiger charge is -2.12. The zero-order chi connectivity index (χ0) is 13.8. The number of H-pyrrole nitrogens is 1. The molecule has 2 rings (SSSR count). The molecule has 5 nitrogen and oxygen atoms in total. The molecule has 0 bridgehead atoms. The Morgan fingerprint density at radius 3 is 2.58 bits per heavy atom. The first-order valence-corrected chi connectivity index (χ1v) is 6.12. The summed E-state index contributed by atoms with van der Waals surface area (Å²) in [6.45, 7) is 4.64. The van der Waals surface area contributed by atoms with Gasteiger partial charge in [-0.25, -0.2) is 0 Å². The van der Waals surface area contributed by atoms with Crippen LogP contribution >= 0.6 is 0 Å². The van der Waals surface area contributed by atoms with Gasteiger partial charge in [-0.3, -0.25) is 5.10 Å². The third kappa shape index (κ3) is 2.81. The van der Waals surface area contributed by atoms with Gasteiger partial charge in [0.05, 0.1) is 31.3 Å². The van der Waals surface area contributed by atoms with Crippen molar-refractivity contribution >= 4 is 5.69 Å². The molecule has 0 unspecified atom stereocenters. The van der Waals surface area contributed by atoms with Crippen LogP contribution in [0.1, 0.15) is 17.0 Å². The van der Waals surface area contributed by atoms with Crippen molar-refractivity contribution in [1.82, 2.24) is 10.2 Å². The van der Waals surface area contributed by atoms with Crippen LogP contribution in [0.25, 0.3) is 0 Å². The highest BCUT2D eigenvalue weighted by atomic mass is 16.5. The van der Waals surface area contributed by atoms with Gasteiger partial charge in [0.2, 0.25) is 0 Å². The molecule has 19 heavy (non-hydrogen) atoms. The predicted octanol–water partition coefficient (Wildman–Crippen LogP) is 2.66. The van der Waals surface area contributed by atoms with Crippen molar-refractivity contribution in [3.05, 3.63) is 35.2 Å². The topological polar surface area (TPSA) is 59.2 Å². The largest absolute Gasteiger partial charge is 0.497 e. The minimum atomic E-state index is 0.675. The average Bonchev–Trinajstić information content (AvgIpc) is 2.75. The molecule has 2 N–H and O–H groups in total. The summed E-state index contributed by atoms with van der Waals surface area (Å²) < 4.78 is 10.6. The van der Waals surface area contributed by atoms with Crippen LogP contribution in [0.5, 0.6) is 11.5 Å². The first-order valence-electron chi connectivity index (χ1n) is 6.12. The molecule has 5 heteroatoms. The van der Waals surface area contributed by atoms with E-state index in [2.05, 4.69) is 15.5 Å². The van der Waals surface area contributed by atoms with Crippen molar-refractivity contribution in [3.63, 3.8) is 0 Å². The number of aryl methyl sites for hydroxylation is 2. The number of nitrogens with zero attached hydrogens (tertiary/aromatic N) is 1. The Labute approximate surface area is 112 Å². The van der Waals surface area contributed by atoms with Crippen LogP contribution < -0.4 is 14.8 Å². The van der Waals surface area contributed by atoms with Gasteiger partial charge in [-0.2, -0.15) is 5.10 Å². The molecule has 0 atom stereocenters. The van der Waals surface area contributed by atoms with E-state index in [1.807, 2.05) is 32.0 Å². The third-order valence-corrected chi connectivity index (χ3v) is 3.08. The molecule has 0 spiro atoms. The van der Waals surface area contributed by atoms with Crippen LogP contribution in [0.3, 0.4) is 0 Å². The summed E-state index contributed by atoms with van der Waals surface area (Å²) in [5, 5.41) is 10.5. The van der Waals surface area contributed by atoms with Gasteiger partial charge in [0.15, 0.2) is 0 Å². The highest BCUT2D eigenvalue weighted by molar-refractivity contribution is 5.52. The maximum atomic E-state index is 5.37. The van der Waals surface area contributed by atoms with Crippen LogP contribution in [-0.2, 0) is 6.54 Å². The monoisotopic (exact) mass is 261 g/mol. The summed E-state index contributed by atoms with van der Waals surface area (Å²) in [5.74, 6) is 1.60. The Balaban J connectivity index is 2.15. The Morgan fingerprint density at radius 2 is 2.00 bits per heavy atom. The predicted molar refractivity (Wildman–Crippen MR) is 74.9 cm³/mol. The quantitative estimate of drug-likeness (QED) is 0.868. The van der Waals surface area contributed by atoms with E-state index in [1.165, 1.54) is 0 Å². The fourth-order valence-corrected chi connectivity index (χ4v) is 1.99. The van der Waals surface area contributed by atoms with Crippen molar-refractivity contribution in [1.29, 1.82) is 0 Å². The van der Waals surface area contributed by atoms with Gasteiger partial charge in [0.1, 0.15) is 11.5 Å². The fraction of sp³-hybridized carbons (Fsp3) is 0.357. The molecule has 0 saturated heterocycles. The summed E-state index contributed by atoms with van der Waals surface area (Å²) in [5.41, 5.74) is 4.11. The Hall–Kier alpha value is -2.17. The lowest BCUT2D eigenvalue weighted by atomic mass is 10.2. The van der Waals surface area contributed by atoms with E-state index in [1.54, 1.807) is 14.2 Å². The number of aromatic nitrogens is 2. The molecular formula is C14H19N3O2. The fourth-order valence-electron chi connectivity index (χ4n) is 1.99. The lowest BCUT2D eigenvalue weighted by Crippen LogP contribution is -2.03. The first-order chi connectivity index (χ1) is 9.15. The number of hydrogen-bond acceptors (Lipinski definition) is 4. The van der Waals surface area contributed by atoms with Crippen LogP contribution in [-0.4, -0.2) is 24.4 Å². The molecule has 0 aliphatic rings. The molecule has 1 heterocycles. The Bertz CT molecular complexity index is 544. The van der Waals surface area contributed by atoms with E-state index < -0.39 is 0 Å². The van der Waals surface area contributed by atoms with Gasteiger partial charge >= 0.3 is 0 Å². The number of anilines is 1. The van der Waals surface area contributed by atoms with Gasteiger partial charge in [-0.1, -0.05) is 0 Å². The number of ether oxygens (including phenoxy) is 2.